The van der Waals surface area contributed by atoms with Crippen LogP contribution in [-0.2, 0) is 17.8 Å². The summed E-state index contributed by atoms with van der Waals surface area (Å²) in [5.41, 5.74) is 1.34. The number of aromatic hydroxyl groups is 1. The summed E-state index contributed by atoms with van der Waals surface area (Å²) in [7, 11) is 0. The predicted octanol–water partition coefficient (Wildman–Crippen LogP) is 3.34. The van der Waals surface area contributed by atoms with Gasteiger partial charge in [0, 0.05) is 13.1 Å². The van der Waals surface area contributed by atoms with Gasteiger partial charge in [-0.25, -0.2) is 14.8 Å². The smallest absolute Gasteiger partial charge is 0.410 e. The fourth-order valence-corrected chi connectivity index (χ4v) is 2.78. The first kappa shape index (κ1) is 19.6. The minimum Gasteiger partial charge on any atom is -0.492 e. The lowest BCUT2D eigenvalue weighted by atomic mass is 10.2. The van der Waals surface area contributed by atoms with Gasteiger partial charge in [0.05, 0.1) is 12.9 Å². The number of fused-ring (bicyclic) bond motifs is 1. The highest BCUT2D eigenvalue weighted by molar-refractivity contribution is 5.76. The summed E-state index contributed by atoms with van der Waals surface area (Å²) in [6.07, 6.45) is 1.18. The molecule has 8 heteroatoms. The summed E-state index contributed by atoms with van der Waals surface area (Å²) < 4.78 is 7.20. The number of aromatic nitrogens is 4. The summed E-state index contributed by atoms with van der Waals surface area (Å²) in [6, 6.07) is 9.86. The molecule has 0 unspecified atom stereocenters. The zero-order chi connectivity index (χ0) is 20.3. The number of ether oxygens (including phenoxy) is 1. The van der Waals surface area contributed by atoms with Crippen LogP contribution in [0.15, 0.2) is 36.7 Å². The lowest BCUT2D eigenvalue weighted by molar-refractivity contribution is 0.0239. The van der Waals surface area contributed by atoms with Crippen LogP contribution in [0.4, 0.5) is 4.79 Å². The SMILES string of the molecule is CCN(Cc1nc(O)c2c(ncn2Cc2ccccc2)n1)C(=O)OC(C)(C)C. The molecule has 0 spiro atoms. The zero-order valence-corrected chi connectivity index (χ0v) is 16.6. The van der Waals surface area contributed by atoms with Gasteiger partial charge in [0.15, 0.2) is 17.0 Å². The molecule has 0 aliphatic rings. The van der Waals surface area contributed by atoms with Crippen molar-refractivity contribution in [2.45, 2.75) is 46.4 Å². The molecule has 3 aromatic rings. The number of amides is 1. The molecule has 8 nitrogen and oxygen atoms in total. The van der Waals surface area contributed by atoms with E-state index in [0.29, 0.717) is 30.1 Å². The van der Waals surface area contributed by atoms with Gasteiger partial charge in [-0.1, -0.05) is 30.3 Å². The Morgan fingerprint density at radius 1 is 1.21 bits per heavy atom. The Labute approximate surface area is 163 Å². The third-order valence-electron chi connectivity index (χ3n) is 4.06. The van der Waals surface area contributed by atoms with E-state index in [0.717, 1.165) is 5.56 Å². The lowest BCUT2D eigenvalue weighted by Gasteiger charge is -2.26. The second-order valence-electron chi connectivity index (χ2n) is 7.49. The topological polar surface area (TPSA) is 93.4 Å². The fourth-order valence-electron chi connectivity index (χ4n) is 2.78. The van der Waals surface area contributed by atoms with Crippen LogP contribution in [0, 0.1) is 0 Å². The van der Waals surface area contributed by atoms with E-state index in [1.807, 2.05) is 58.0 Å². The maximum absolute atomic E-state index is 12.3. The highest BCUT2D eigenvalue weighted by atomic mass is 16.6. The second kappa shape index (κ2) is 7.84. The van der Waals surface area contributed by atoms with Crippen LogP contribution >= 0.6 is 0 Å². The van der Waals surface area contributed by atoms with Gasteiger partial charge in [-0.05, 0) is 33.3 Å². The fraction of sp³-hybridized carbons (Fsp3) is 0.400. The maximum Gasteiger partial charge on any atom is 0.410 e. The molecule has 1 N–H and O–H groups in total. The maximum atomic E-state index is 12.3. The molecule has 0 aliphatic carbocycles. The van der Waals surface area contributed by atoms with E-state index in [2.05, 4.69) is 15.0 Å². The third kappa shape index (κ3) is 4.57. The molecule has 0 atom stereocenters. The van der Waals surface area contributed by atoms with Crippen molar-refractivity contribution >= 4 is 17.3 Å². The van der Waals surface area contributed by atoms with Gasteiger partial charge in [0.2, 0.25) is 5.88 Å². The molecule has 148 valence electrons. The minimum absolute atomic E-state index is 0.125. The monoisotopic (exact) mass is 383 g/mol. The van der Waals surface area contributed by atoms with Gasteiger partial charge < -0.3 is 19.3 Å². The highest BCUT2D eigenvalue weighted by Crippen LogP contribution is 2.22. The first-order valence-corrected chi connectivity index (χ1v) is 9.19. The number of benzene rings is 1. The van der Waals surface area contributed by atoms with Gasteiger partial charge in [0.25, 0.3) is 0 Å². The third-order valence-corrected chi connectivity index (χ3v) is 4.06. The molecule has 2 aromatic heterocycles. The van der Waals surface area contributed by atoms with Crippen LogP contribution in [-0.4, -0.2) is 47.8 Å². The first-order valence-electron chi connectivity index (χ1n) is 9.19. The lowest BCUT2D eigenvalue weighted by Crippen LogP contribution is -2.36. The predicted molar refractivity (Wildman–Crippen MR) is 105 cm³/mol. The standard InChI is InChI=1S/C20H25N5O3/c1-5-24(19(27)28-20(2,3)4)12-15-22-17-16(18(26)23-15)25(13-21-17)11-14-9-7-6-8-10-14/h6-10,13H,5,11-12H2,1-4H3,(H,22,23,26). The van der Waals surface area contributed by atoms with Crippen molar-refractivity contribution in [1.29, 1.82) is 0 Å². The first-order chi connectivity index (χ1) is 13.3. The van der Waals surface area contributed by atoms with Gasteiger partial charge >= 0.3 is 6.09 Å². The Morgan fingerprint density at radius 3 is 2.57 bits per heavy atom. The number of imidazole rings is 1. The van der Waals surface area contributed by atoms with E-state index >= 15 is 0 Å². The van der Waals surface area contributed by atoms with Gasteiger partial charge in [-0.15, -0.1) is 0 Å². The van der Waals surface area contributed by atoms with E-state index in [1.54, 1.807) is 10.9 Å². The molecule has 0 radical (unpaired) electrons. The average molecular weight is 383 g/mol. The number of nitrogens with zero attached hydrogens (tertiary/aromatic N) is 5. The largest absolute Gasteiger partial charge is 0.492 e. The molecule has 0 fully saturated rings. The Morgan fingerprint density at radius 2 is 1.93 bits per heavy atom. The van der Waals surface area contributed by atoms with E-state index in [9.17, 15) is 9.90 Å². The summed E-state index contributed by atoms with van der Waals surface area (Å²) >= 11 is 0. The van der Waals surface area contributed by atoms with E-state index in [1.165, 1.54) is 4.90 Å². The van der Waals surface area contributed by atoms with Crippen LogP contribution in [0.25, 0.3) is 11.2 Å². The molecule has 0 saturated carbocycles. The number of carbonyl (C=O) groups excluding carboxylic acids is 1. The zero-order valence-electron chi connectivity index (χ0n) is 16.6. The molecular formula is C20H25N5O3. The number of hydrogen-bond donors (Lipinski definition) is 1. The van der Waals surface area contributed by atoms with Crippen molar-refractivity contribution in [3.05, 3.63) is 48.0 Å². The quantitative estimate of drug-likeness (QED) is 0.726. The van der Waals surface area contributed by atoms with Crippen molar-refractivity contribution in [3.8, 4) is 5.88 Å². The summed E-state index contributed by atoms with van der Waals surface area (Å²) in [4.78, 5) is 26.7. The molecule has 28 heavy (non-hydrogen) atoms. The summed E-state index contributed by atoms with van der Waals surface area (Å²) in [6.45, 7) is 8.38. The number of rotatable bonds is 5. The van der Waals surface area contributed by atoms with Crippen molar-refractivity contribution in [3.63, 3.8) is 0 Å². The van der Waals surface area contributed by atoms with Crippen LogP contribution in [0.5, 0.6) is 5.88 Å². The molecule has 1 aromatic carbocycles. The van der Waals surface area contributed by atoms with Gasteiger partial charge in [-0.2, -0.15) is 4.98 Å². The Bertz CT molecular complexity index is 963. The van der Waals surface area contributed by atoms with E-state index in [4.69, 9.17) is 4.74 Å². The second-order valence-corrected chi connectivity index (χ2v) is 7.49. The summed E-state index contributed by atoms with van der Waals surface area (Å²) in [5, 5.41) is 10.5. The van der Waals surface area contributed by atoms with Gasteiger partial charge in [0.1, 0.15) is 5.60 Å². The normalized spacial score (nSPS) is 11.6. The molecule has 3 rings (SSSR count). The Hall–Kier alpha value is -3.16. The van der Waals surface area contributed by atoms with Crippen molar-refractivity contribution < 1.29 is 14.6 Å². The average Bonchev–Trinajstić information content (AvgIpc) is 3.02. The highest BCUT2D eigenvalue weighted by Gasteiger charge is 2.23. The molecular weight excluding hydrogens is 358 g/mol. The van der Waals surface area contributed by atoms with Crippen molar-refractivity contribution in [2.75, 3.05) is 6.54 Å². The van der Waals surface area contributed by atoms with Crippen molar-refractivity contribution in [2.24, 2.45) is 0 Å². The van der Waals surface area contributed by atoms with Gasteiger partial charge in [-0.3, -0.25) is 0 Å². The van der Waals surface area contributed by atoms with Crippen LogP contribution in [0.2, 0.25) is 0 Å². The van der Waals surface area contributed by atoms with Crippen LogP contribution in [0.1, 0.15) is 39.1 Å². The molecule has 1 amide bonds. The Kier molecular flexibility index (Phi) is 5.48. The number of carbonyl (C=O) groups is 1. The summed E-state index contributed by atoms with van der Waals surface area (Å²) in [5.74, 6) is 0.149. The Balaban J connectivity index is 1.83. The van der Waals surface area contributed by atoms with Crippen LogP contribution in [0.3, 0.4) is 0 Å². The molecule has 2 heterocycles. The molecule has 0 bridgehead atoms. The molecule has 0 aliphatic heterocycles. The number of hydrogen-bond acceptors (Lipinski definition) is 6. The van der Waals surface area contributed by atoms with E-state index in [-0.39, 0.29) is 12.4 Å². The van der Waals surface area contributed by atoms with Crippen molar-refractivity contribution in [1.82, 2.24) is 24.4 Å². The minimum atomic E-state index is -0.590. The molecule has 0 saturated heterocycles. The van der Waals surface area contributed by atoms with E-state index < -0.39 is 11.7 Å². The van der Waals surface area contributed by atoms with Crippen LogP contribution < -0.4 is 0 Å².